The molecule has 24 heteroatoms. The molecular formula is C42H42Br18O6. The van der Waals surface area contributed by atoms with Crippen LogP contribution in [-0.4, -0.2) is 52.5 Å². The van der Waals surface area contributed by atoms with E-state index in [4.69, 9.17) is 28.4 Å². The Labute approximate surface area is 539 Å². The van der Waals surface area contributed by atoms with Gasteiger partial charge in [0.05, 0.1) is 39.6 Å². The minimum absolute atomic E-state index is 0.376. The summed E-state index contributed by atoms with van der Waals surface area (Å²) in [5, 5.41) is 5.76. The third-order valence-corrected chi connectivity index (χ3v) is 16.4. The first kappa shape index (κ1) is 63.6. The first-order valence-corrected chi connectivity index (χ1v) is 34.5. The lowest BCUT2D eigenvalue weighted by Gasteiger charge is -2.21. The fourth-order valence-corrected chi connectivity index (χ4v) is 11.5. The number of hydrogen-bond acceptors (Lipinski definition) is 6. The van der Waals surface area contributed by atoms with Gasteiger partial charge in [0, 0.05) is 0 Å². The van der Waals surface area contributed by atoms with E-state index in [1.54, 1.807) is 0 Å². The molecule has 0 aliphatic rings. The molecule has 6 nitrogen and oxygen atoms in total. The van der Waals surface area contributed by atoms with Crippen molar-refractivity contribution < 1.29 is 28.4 Å². The molecule has 0 N–H and O–H groups in total. The maximum atomic E-state index is 6.61. The second kappa shape index (κ2) is 29.2. The van der Waals surface area contributed by atoms with Gasteiger partial charge >= 0.3 is 0 Å². The van der Waals surface area contributed by atoms with Gasteiger partial charge in [0.2, 0.25) is 0 Å². The van der Waals surface area contributed by atoms with Crippen LogP contribution in [0.15, 0.2) is 36.4 Å². The van der Waals surface area contributed by atoms with Gasteiger partial charge in [-0.3, -0.25) is 0 Å². The van der Waals surface area contributed by atoms with Gasteiger partial charge in [-0.15, -0.1) is 0 Å². The third-order valence-electron chi connectivity index (χ3n) is 9.30. The van der Waals surface area contributed by atoms with Crippen molar-refractivity contribution in [2.45, 2.75) is 89.9 Å². The molecule has 0 fully saturated rings. The molecule has 4 aromatic rings. The molecule has 0 aliphatic carbocycles. The van der Waals surface area contributed by atoms with E-state index >= 15 is 0 Å². The molecule has 0 aliphatic heterocycles. The van der Waals surface area contributed by atoms with Gasteiger partial charge < -0.3 is 28.4 Å². The SMILES string of the molecule is BrC(Br)(Br)CCCOc1cc2c3cc(OCCCC(Br)(Br)Br)c(OCCCC(Br)(Br)Br)cc3c3cc(OCCCC(Br)(Br)Br)c(OCCCC(Br)(Br)Br)cc3c2cc1OCCCC(Br)(Br)Br. The first-order chi connectivity index (χ1) is 30.5. The normalized spacial score (nSPS) is 13.2. The van der Waals surface area contributed by atoms with Crippen molar-refractivity contribution in [1.82, 2.24) is 0 Å². The molecule has 4 rings (SSSR count). The molecule has 0 aromatic heterocycles. The van der Waals surface area contributed by atoms with E-state index in [-0.39, 0.29) is 12.9 Å². The van der Waals surface area contributed by atoms with Crippen LogP contribution < -0.4 is 28.4 Å². The number of rotatable bonds is 24. The summed E-state index contributed by atoms with van der Waals surface area (Å²) in [6.45, 7) is 2.77. The number of ether oxygens (including phenoxy) is 6. The van der Waals surface area contributed by atoms with Gasteiger partial charge in [0.15, 0.2) is 34.5 Å². The van der Waals surface area contributed by atoms with Gasteiger partial charge in [-0.2, -0.15) is 0 Å². The summed E-state index contributed by atoms with van der Waals surface area (Å²) >= 11 is 65.4. The molecule has 0 bridgehead atoms. The van der Waals surface area contributed by atoms with Crippen LogP contribution in [0, 0.1) is 0 Å². The van der Waals surface area contributed by atoms with Crippen LogP contribution in [0.4, 0.5) is 0 Å². The second-order valence-electron chi connectivity index (χ2n) is 14.9. The van der Waals surface area contributed by atoms with Crippen LogP contribution in [0.2, 0.25) is 0 Å². The molecule has 0 amide bonds. The average Bonchev–Trinajstić information content (AvgIpc) is 3.16. The predicted molar refractivity (Wildman–Crippen MR) is 344 cm³/mol. The molecule has 0 radical (unpaired) electrons. The van der Waals surface area contributed by atoms with Crippen LogP contribution in [0.1, 0.15) is 77.0 Å². The zero-order valence-electron chi connectivity index (χ0n) is 34.4. The smallest absolute Gasteiger partial charge is 0.161 e. The highest BCUT2D eigenvalue weighted by molar-refractivity contribution is 9.41. The molecular weight excluding hydrogens is 2040 g/mol. The molecule has 0 atom stereocenters. The van der Waals surface area contributed by atoms with Crippen LogP contribution in [0.5, 0.6) is 34.5 Å². The first-order valence-electron chi connectivity index (χ1n) is 20.2. The van der Waals surface area contributed by atoms with E-state index in [1.807, 2.05) is 0 Å². The summed E-state index contributed by atoms with van der Waals surface area (Å²) in [5.41, 5.74) is 0. The van der Waals surface area contributed by atoms with Crippen molar-refractivity contribution in [2.24, 2.45) is 0 Å². The van der Waals surface area contributed by atoms with Gasteiger partial charge in [-0.25, -0.2) is 0 Å². The Morgan fingerprint density at radius 1 is 0.227 bits per heavy atom. The average molecular weight is 2080 g/mol. The summed E-state index contributed by atoms with van der Waals surface area (Å²) < 4.78 is 37.4. The Hall–Kier alpha value is 5.10. The maximum Gasteiger partial charge on any atom is 0.161 e. The Kier molecular flexibility index (Phi) is 28.1. The van der Waals surface area contributed by atoms with Gasteiger partial charge in [-0.05, 0) is 146 Å². The molecule has 4 aromatic carbocycles. The van der Waals surface area contributed by atoms with E-state index in [0.29, 0.717) is 74.1 Å². The summed E-state index contributed by atoms with van der Waals surface area (Å²) in [6, 6.07) is 12.6. The zero-order valence-corrected chi connectivity index (χ0v) is 63.0. The van der Waals surface area contributed by atoms with Crippen LogP contribution in [0.25, 0.3) is 32.3 Å². The summed E-state index contributed by atoms with van der Waals surface area (Å²) in [6.07, 6.45) is 9.24. The fourth-order valence-electron chi connectivity index (χ4n) is 6.42. The van der Waals surface area contributed by atoms with Crippen LogP contribution in [-0.2, 0) is 0 Å². The predicted octanol–water partition coefficient (Wildman–Crippen LogP) is 23.1. The van der Waals surface area contributed by atoms with Crippen LogP contribution >= 0.6 is 287 Å². The highest BCUT2D eigenvalue weighted by atomic mass is 80.0. The van der Waals surface area contributed by atoms with Gasteiger partial charge in [-0.1, -0.05) is 287 Å². The molecule has 0 spiro atoms. The molecule has 0 heterocycles. The number of hydrogen-bond donors (Lipinski definition) is 0. The number of fused-ring (bicyclic) bond motifs is 6. The fraction of sp³-hybridized carbons (Fsp3) is 0.571. The van der Waals surface area contributed by atoms with E-state index in [1.165, 1.54) is 0 Å². The molecule has 66 heavy (non-hydrogen) atoms. The number of alkyl halides is 18. The maximum absolute atomic E-state index is 6.61. The minimum Gasteiger partial charge on any atom is -0.490 e. The van der Waals surface area contributed by atoms with Crippen molar-refractivity contribution in [3.05, 3.63) is 36.4 Å². The van der Waals surface area contributed by atoms with Crippen molar-refractivity contribution in [1.29, 1.82) is 0 Å². The summed E-state index contributed by atoms with van der Waals surface area (Å²) in [5.74, 6) is 3.86. The Bertz CT molecular complexity index is 1750. The van der Waals surface area contributed by atoms with Gasteiger partial charge in [0.25, 0.3) is 0 Å². The van der Waals surface area contributed by atoms with Crippen LogP contribution in [0.3, 0.4) is 0 Å². The monoisotopic (exact) mass is 2060 g/mol. The Morgan fingerprint density at radius 3 is 0.455 bits per heavy atom. The van der Waals surface area contributed by atoms with E-state index in [9.17, 15) is 0 Å². The standard InChI is InChI=1S/C42H42Br18O6/c43-37(44,45)7-1-13-61-31-19-25-26(20-32(31)62-14-2-8-38(46,47)48)28-22-34(64-16-4-10-40(52,53)54)36(66-18-6-12-42(58,59)60)24-30(28)29-23-35(65-17-5-11-41(55,56)57)33(21-27(25)29)63-15-3-9-39(49,50)51/h19-24H,1-18H2. The topological polar surface area (TPSA) is 55.4 Å². The minimum atomic E-state index is -0.376. The lowest BCUT2D eigenvalue weighted by molar-refractivity contribution is 0.261. The highest BCUT2D eigenvalue weighted by Crippen LogP contribution is 2.49. The Morgan fingerprint density at radius 2 is 0.348 bits per heavy atom. The van der Waals surface area contributed by atoms with E-state index < -0.39 is 0 Å². The van der Waals surface area contributed by atoms with Crippen molar-refractivity contribution >= 4 is 319 Å². The lowest BCUT2D eigenvalue weighted by atomic mass is 9.93. The zero-order chi connectivity index (χ0) is 49.1. The van der Waals surface area contributed by atoms with E-state index in [0.717, 1.165) is 109 Å². The molecule has 0 saturated heterocycles. The second-order valence-corrected chi connectivity index (χ2v) is 58.5. The summed E-state index contributed by atoms with van der Waals surface area (Å²) in [4.78, 5) is 0. The van der Waals surface area contributed by atoms with Crippen molar-refractivity contribution in [3.8, 4) is 34.5 Å². The molecule has 372 valence electrons. The summed E-state index contributed by atoms with van der Waals surface area (Å²) in [7, 11) is 0. The number of benzene rings is 4. The molecule has 0 saturated carbocycles. The quantitative estimate of drug-likeness (QED) is 0.0396. The van der Waals surface area contributed by atoms with Crippen molar-refractivity contribution in [2.75, 3.05) is 39.6 Å². The lowest BCUT2D eigenvalue weighted by Crippen LogP contribution is -2.08. The van der Waals surface area contributed by atoms with Crippen molar-refractivity contribution in [3.63, 3.8) is 0 Å². The number of halogens is 18. The molecule has 0 unspecified atom stereocenters. The Balaban J connectivity index is 2.02. The third kappa shape index (κ3) is 25.1. The van der Waals surface area contributed by atoms with Gasteiger partial charge in [0.1, 0.15) is 12.9 Å². The largest absolute Gasteiger partial charge is 0.490 e. The highest BCUT2D eigenvalue weighted by Gasteiger charge is 2.25. The van der Waals surface area contributed by atoms with E-state index in [2.05, 4.69) is 323 Å².